The Kier molecular flexibility index (Phi) is 7.22. The topological polar surface area (TPSA) is 110 Å². The van der Waals surface area contributed by atoms with E-state index in [1.165, 1.54) is 36.0 Å². The van der Waals surface area contributed by atoms with E-state index in [4.69, 9.17) is 0 Å². The van der Waals surface area contributed by atoms with Gasteiger partial charge >= 0.3 is 5.69 Å². The van der Waals surface area contributed by atoms with E-state index in [2.05, 4.69) is 15.2 Å². The molecule has 0 atom stereocenters. The highest BCUT2D eigenvalue weighted by Gasteiger charge is 2.22. The van der Waals surface area contributed by atoms with Crippen LogP contribution >= 0.6 is 11.8 Å². The van der Waals surface area contributed by atoms with Gasteiger partial charge in [-0.2, -0.15) is 4.98 Å². The number of fused-ring (bicyclic) bond motifs is 1. The number of anilines is 1. The van der Waals surface area contributed by atoms with Crippen molar-refractivity contribution in [3.8, 4) is 0 Å². The van der Waals surface area contributed by atoms with Crippen LogP contribution in [0.4, 0.5) is 11.4 Å². The zero-order chi connectivity index (χ0) is 21.7. The van der Waals surface area contributed by atoms with Crippen LogP contribution in [0.25, 0.3) is 0 Å². The largest absolute Gasteiger partial charge is 0.348 e. The quantitative estimate of drug-likeness (QED) is 0.281. The maximum atomic E-state index is 12.6. The van der Waals surface area contributed by atoms with Crippen LogP contribution in [0.1, 0.15) is 24.1 Å². The molecule has 1 heterocycles. The van der Waals surface area contributed by atoms with E-state index in [1.807, 2.05) is 14.1 Å². The second-order valence-electron chi connectivity index (χ2n) is 7.43. The molecule has 1 aromatic carbocycles. The van der Waals surface area contributed by atoms with Crippen molar-refractivity contribution in [2.45, 2.75) is 37.3 Å². The molecule has 0 aliphatic heterocycles. The van der Waals surface area contributed by atoms with Crippen molar-refractivity contribution in [2.24, 2.45) is 0 Å². The Morgan fingerprint density at radius 1 is 1.30 bits per heavy atom. The average Bonchev–Trinajstić information content (AvgIpc) is 3.18. The van der Waals surface area contributed by atoms with E-state index in [9.17, 15) is 19.7 Å². The molecule has 160 valence electrons. The van der Waals surface area contributed by atoms with Crippen LogP contribution in [0.2, 0.25) is 0 Å². The molecule has 30 heavy (non-hydrogen) atoms. The van der Waals surface area contributed by atoms with Gasteiger partial charge in [0, 0.05) is 35.6 Å². The summed E-state index contributed by atoms with van der Waals surface area (Å²) in [6, 6.07) is 5.66. The molecule has 1 aromatic heterocycles. The zero-order valence-corrected chi connectivity index (χ0v) is 17.9. The molecule has 0 saturated carbocycles. The van der Waals surface area contributed by atoms with Crippen molar-refractivity contribution in [1.29, 1.82) is 0 Å². The minimum Gasteiger partial charge on any atom is -0.325 e. The smallest absolute Gasteiger partial charge is 0.325 e. The summed E-state index contributed by atoms with van der Waals surface area (Å²) in [7, 11) is 4.01. The third-order valence-electron chi connectivity index (χ3n) is 4.89. The molecule has 2 aromatic rings. The summed E-state index contributed by atoms with van der Waals surface area (Å²) >= 11 is 1.26. The Balaban J connectivity index is 1.64. The van der Waals surface area contributed by atoms with E-state index in [0.29, 0.717) is 17.3 Å². The lowest BCUT2D eigenvalue weighted by molar-refractivity contribution is -0.384. The van der Waals surface area contributed by atoms with Crippen LogP contribution in [0, 0.1) is 10.1 Å². The number of nitrogens with zero attached hydrogens (tertiary/aromatic N) is 4. The van der Waals surface area contributed by atoms with Crippen molar-refractivity contribution in [2.75, 3.05) is 31.7 Å². The van der Waals surface area contributed by atoms with Crippen molar-refractivity contribution >= 4 is 29.0 Å². The molecule has 1 amide bonds. The summed E-state index contributed by atoms with van der Waals surface area (Å²) in [6.45, 7) is 1.55. The van der Waals surface area contributed by atoms with Crippen LogP contribution < -0.4 is 11.0 Å². The molecule has 0 spiro atoms. The fraction of sp³-hybridized carbons (Fsp3) is 0.450. The summed E-state index contributed by atoms with van der Waals surface area (Å²) in [4.78, 5) is 41.4. The summed E-state index contributed by atoms with van der Waals surface area (Å²) < 4.78 is 1.78. The van der Waals surface area contributed by atoms with E-state index < -0.39 is 4.92 Å². The van der Waals surface area contributed by atoms with Gasteiger partial charge < -0.3 is 10.2 Å². The summed E-state index contributed by atoms with van der Waals surface area (Å²) in [5.74, 6) is -0.141. The lowest BCUT2D eigenvalue weighted by Gasteiger charge is -2.15. The molecular weight excluding hydrogens is 406 g/mol. The lowest BCUT2D eigenvalue weighted by Crippen LogP contribution is -2.29. The number of thioether (sulfide) groups is 1. The molecule has 10 heteroatoms. The number of non-ortho nitro benzene ring substituents is 1. The van der Waals surface area contributed by atoms with Crippen molar-refractivity contribution in [3.63, 3.8) is 0 Å². The number of rotatable bonds is 9. The fourth-order valence-electron chi connectivity index (χ4n) is 3.48. The molecular formula is C20H25N5O4S. The van der Waals surface area contributed by atoms with Gasteiger partial charge in [-0.05, 0) is 58.5 Å². The molecule has 3 rings (SSSR count). The number of hydrogen-bond acceptors (Lipinski definition) is 7. The molecule has 0 saturated heterocycles. The second kappa shape index (κ2) is 9.86. The SMILES string of the molecule is CN(C)CCCn1c2c(c(SCC(=O)Nc3ccc([N+](=O)[O-])cc3)nc1=O)CCC2. The van der Waals surface area contributed by atoms with Gasteiger partial charge in [-0.3, -0.25) is 19.5 Å². The highest BCUT2D eigenvalue weighted by Crippen LogP contribution is 2.29. The molecule has 0 bridgehead atoms. The van der Waals surface area contributed by atoms with Crippen molar-refractivity contribution < 1.29 is 9.72 Å². The van der Waals surface area contributed by atoms with Gasteiger partial charge in [0.15, 0.2) is 0 Å². The third-order valence-corrected chi connectivity index (χ3v) is 5.91. The predicted octanol–water partition coefficient (Wildman–Crippen LogP) is 2.32. The fourth-order valence-corrected chi connectivity index (χ4v) is 4.36. The number of amides is 1. The van der Waals surface area contributed by atoms with Gasteiger partial charge in [0.25, 0.3) is 5.69 Å². The van der Waals surface area contributed by atoms with Crippen LogP contribution in [-0.2, 0) is 24.2 Å². The minimum absolute atomic E-state index is 0.0340. The molecule has 1 N–H and O–H groups in total. The Morgan fingerprint density at radius 3 is 2.70 bits per heavy atom. The molecule has 0 radical (unpaired) electrons. The van der Waals surface area contributed by atoms with Crippen LogP contribution in [0.5, 0.6) is 0 Å². The first-order valence-corrected chi connectivity index (χ1v) is 10.8. The predicted molar refractivity (Wildman–Crippen MR) is 116 cm³/mol. The monoisotopic (exact) mass is 431 g/mol. The second-order valence-corrected chi connectivity index (χ2v) is 8.39. The standard InChI is InChI=1S/C20H25N5O4S/c1-23(2)11-4-12-24-17-6-3-5-16(17)19(22-20(24)27)30-13-18(26)21-14-7-9-15(10-8-14)25(28)29/h7-10H,3-6,11-13H2,1-2H3,(H,21,26). The lowest BCUT2D eigenvalue weighted by atomic mass is 10.2. The normalized spacial score (nSPS) is 12.8. The van der Waals surface area contributed by atoms with Gasteiger partial charge in [0.05, 0.1) is 10.7 Å². The van der Waals surface area contributed by atoms with Gasteiger partial charge in [-0.25, -0.2) is 4.79 Å². The number of nitro groups is 1. The summed E-state index contributed by atoms with van der Waals surface area (Å²) in [5, 5.41) is 14.1. The minimum atomic E-state index is -0.490. The van der Waals surface area contributed by atoms with Crippen molar-refractivity contribution in [3.05, 3.63) is 56.1 Å². The number of hydrogen-bond donors (Lipinski definition) is 1. The first-order chi connectivity index (χ1) is 14.3. The summed E-state index contributed by atoms with van der Waals surface area (Å²) in [6.07, 6.45) is 3.59. The van der Waals surface area contributed by atoms with E-state index in [-0.39, 0.29) is 23.0 Å². The highest BCUT2D eigenvalue weighted by molar-refractivity contribution is 8.00. The Morgan fingerprint density at radius 2 is 2.03 bits per heavy atom. The number of nitro benzene ring substituents is 1. The van der Waals surface area contributed by atoms with E-state index in [1.54, 1.807) is 4.57 Å². The third kappa shape index (κ3) is 5.45. The van der Waals surface area contributed by atoms with Crippen LogP contribution in [0.15, 0.2) is 34.1 Å². The zero-order valence-electron chi connectivity index (χ0n) is 17.1. The van der Waals surface area contributed by atoms with E-state index >= 15 is 0 Å². The first kappa shape index (κ1) is 22.0. The van der Waals surface area contributed by atoms with Crippen molar-refractivity contribution in [1.82, 2.24) is 14.5 Å². The highest BCUT2D eigenvalue weighted by atomic mass is 32.2. The maximum Gasteiger partial charge on any atom is 0.348 e. The van der Waals surface area contributed by atoms with Gasteiger partial charge in [0.1, 0.15) is 5.03 Å². The Bertz CT molecular complexity index is 988. The number of carbonyl (C=O) groups excluding carboxylic acids is 1. The number of nitrogens with one attached hydrogen (secondary N) is 1. The van der Waals surface area contributed by atoms with Crippen LogP contribution in [-0.4, -0.2) is 51.7 Å². The van der Waals surface area contributed by atoms with Crippen LogP contribution in [0.3, 0.4) is 0 Å². The molecule has 1 aliphatic carbocycles. The first-order valence-electron chi connectivity index (χ1n) is 9.79. The van der Waals surface area contributed by atoms with Gasteiger partial charge in [-0.15, -0.1) is 0 Å². The summed E-state index contributed by atoms with van der Waals surface area (Å²) in [5.41, 5.74) is 2.32. The molecule has 0 fully saturated rings. The number of carbonyl (C=O) groups is 1. The van der Waals surface area contributed by atoms with Gasteiger partial charge in [-0.1, -0.05) is 11.8 Å². The Hall–Kier alpha value is -2.72. The maximum absolute atomic E-state index is 12.6. The number of benzene rings is 1. The molecule has 1 aliphatic rings. The van der Waals surface area contributed by atoms with E-state index in [0.717, 1.165) is 43.5 Å². The average molecular weight is 432 g/mol. The molecule has 9 nitrogen and oxygen atoms in total. The molecule has 0 unspecified atom stereocenters. The van der Waals surface area contributed by atoms with Gasteiger partial charge in [0.2, 0.25) is 5.91 Å². The number of aromatic nitrogens is 2. The Labute approximate surface area is 178 Å².